The van der Waals surface area contributed by atoms with Gasteiger partial charge < -0.3 is 13.7 Å². The molecule has 5 rings (SSSR count). The van der Waals surface area contributed by atoms with Gasteiger partial charge in [-0.05, 0) is 73.6 Å². The minimum absolute atomic E-state index is 0.00136. The Labute approximate surface area is 235 Å². The zero-order chi connectivity index (χ0) is 28.3. The predicted octanol–water partition coefficient (Wildman–Crippen LogP) is 4.86. The van der Waals surface area contributed by atoms with Gasteiger partial charge >= 0.3 is 10.1 Å². The highest BCUT2D eigenvalue weighted by atomic mass is 32.2. The van der Waals surface area contributed by atoms with Crippen LogP contribution in [0.5, 0.6) is 17.2 Å². The molecule has 10 nitrogen and oxygen atoms in total. The van der Waals surface area contributed by atoms with Gasteiger partial charge in [0.25, 0.3) is 5.91 Å². The van der Waals surface area contributed by atoms with Gasteiger partial charge in [-0.3, -0.25) is 10.2 Å². The number of ether oxygens (including phenoxy) is 2. The Morgan fingerprint density at radius 3 is 2.48 bits per heavy atom. The largest absolute Gasteiger partial charge is 0.490 e. The first-order chi connectivity index (χ1) is 19.2. The lowest BCUT2D eigenvalue weighted by Crippen LogP contribution is -2.35. The Bertz CT molecular complexity index is 1670. The summed E-state index contributed by atoms with van der Waals surface area (Å²) in [5.74, 6) is 0.107. The van der Waals surface area contributed by atoms with Gasteiger partial charge in [-0.25, -0.2) is 0 Å². The van der Waals surface area contributed by atoms with E-state index in [0.29, 0.717) is 16.4 Å². The number of nitrogens with one attached hydrogen (secondary N) is 1. The maximum Gasteiger partial charge on any atom is 0.339 e. The van der Waals surface area contributed by atoms with Crippen LogP contribution in [0.15, 0.2) is 93.4 Å². The second-order valence-electron chi connectivity index (χ2n) is 8.61. The molecule has 2 aliphatic rings. The highest BCUT2D eigenvalue weighted by Crippen LogP contribution is 2.33. The molecule has 40 heavy (non-hydrogen) atoms. The minimum Gasteiger partial charge on any atom is -0.490 e. The lowest BCUT2D eigenvalue weighted by molar-refractivity contribution is -0.114. The predicted molar refractivity (Wildman–Crippen MR) is 154 cm³/mol. The standard InChI is InChI=1S/C28H24N4O6S2/c1-3-36-24-16-19(11-14-23(24)38-40(34,35)21-12-9-18(2)10-13-21)15-22-26(29)32-28(30-27(22)33)39-25(31-32)17-37-20-7-5-4-6-8-20/h4-16,29H,3,17H2,1-2H3. The molecule has 0 bridgehead atoms. The van der Waals surface area contributed by atoms with Crippen molar-refractivity contribution in [1.82, 2.24) is 5.01 Å². The molecule has 204 valence electrons. The van der Waals surface area contributed by atoms with Gasteiger partial charge in [0.1, 0.15) is 22.3 Å². The maximum atomic E-state index is 12.8. The third-order valence-electron chi connectivity index (χ3n) is 5.69. The highest BCUT2D eigenvalue weighted by Gasteiger charge is 2.36. The minimum atomic E-state index is -4.10. The summed E-state index contributed by atoms with van der Waals surface area (Å²) in [5, 5.41) is 15.1. The van der Waals surface area contributed by atoms with Gasteiger partial charge in [0.15, 0.2) is 17.3 Å². The van der Waals surface area contributed by atoms with Crippen LogP contribution in [0.1, 0.15) is 18.1 Å². The van der Waals surface area contributed by atoms with Gasteiger partial charge in [0, 0.05) is 0 Å². The van der Waals surface area contributed by atoms with E-state index < -0.39 is 16.0 Å². The van der Waals surface area contributed by atoms with Crippen molar-refractivity contribution in [2.24, 2.45) is 10.1 Å². The van der Waals surface area contributed by atoms with Crippen molar-refractivity contribution in [1.29, 1.82) is 5.41 Å². The van der Waals surface area contributed by atoms with Crippen LogP contribution in [-0.4, -0.2) is 48.6 Å². The Hall–Kier alpha value is -4.42. The van der Waals surface area contributed by atoms with E-state index in [-0.39, 0.29) is 46.2 Å². The summed E-state index contributed by atoms with van der Waals surface area (Å²) in [4.78, 5) is 16.9. The molecule has 0 aliphatic carbocycles. The lowest BCUT2D eigenvalue weighted by Gasteiger charge is -2.20. The summed E-state index contributed by atoms with van der Waals surface area (Å²) < 4.78 is 42.4. The molecule has 3 aromatic carbocycles. The van der Waals surface area contributed by atoms with Gasteiger partial charge in [-0.1, -0.05) is 42.0 Å². The van der Waals surface area contributed by atoms with Crippen molar-refractivity contribution in [2.75, 3.05) is 13.2 Å². The fourth-order valence-electron chi connectivity index (χ4n) is 3.74. The van der Waals surface area contributed by atoms with Crippen molar-refractivity contribution in [3.63, 3.8) is 0 Å². The number of carbonyl (C=O) groups is 1. The van der Waals surface area contributed by atoms with E-state index in [4.69, 9.17) is 19.1 Å². The SMILES string of the molecule is CCOc1cc(C=C2C(=N)N3N=C(COc4ccccc4)SC3=NC2=O)ccc1OS(=O)(=O)c1ccc(C)cc1. The van der Waals surface area contributed by atoms with Gasteiger partial charge in [0.05, 0.1) is 12.2 Å². The van der Waals surface area contributed by atoms with Crippen LogP contribution in [0.4, 0.5) is 0 Å². The second kappa shape index (κ2) is 11.4. The molecule has 1 amide bonds. The Balaban J connectivity index is 1.36. The molecule has 0 atom stereocenters. The van der Waals surface area contributed by atoms with Gasteiger partial charge in [0.2, 0.25) is 5.17 Å². The molecule has 0 aromatic heterocycles. The molecular formula is C28H24N4O6S2. The number of rotatable bonds is 9. The first-order valence-electron chi connectivity index (χ1n) is 12.2. The molecule has 0 radical (unpaired) electrons. The molecule has 2 heterocycles. The average molecular weight is 577 g/mol. The summed E-state index contributed by atoms with van der Waals surface area (Å²) in [7, 11) is -4.10. The van der Waals surface area contributed by atoms with Crippen LogP contribution >= 0.6 is 11.8 Å². The molecule has 0 saturated heterocycles. The topological polar surface area (TPSA) is 131 Å². The second-order valence-corrected chi connectivity index (χ2v) is 11.2. The summed E-state index contributed by atoms with van der Waals surface area (Å²) in [5.41, 5.74) is 1.42. The smallest absolute Gasteiger partial charge is 0.339 e. The average Bonchev–Trinajstić information content (AvgIpc) is 3.35. The molecule has 3 aromatic rings. The van der Waals surface area contributed by atoms with Crippen LogP contribution in [0.2, 0.25) is 0 Å². The van der Waals surface area contributed by atoms with E-state index in [2.05, 4.69) is 10.1 Å². The summed E-state index contributed by atoms with van der Waals surface area (Å²) >= 11 is 1.16. The lowest BCUT2D eigenvalue weighted by atomic mass is 10.1. The Kier molecular flexibility index (Phi) is 7.71. The van der Waals surface area contributed by atoms with Gasteiger partial charge in [-0.2, -0.15) is 23.5 Å². The molecule has 0 fully saturated rings. The number of aliphatic imine (C=N–C) groups is 1. The van der Waals surface area contributed by atoms with E-state index in [9.17, 15) is 13.2 Å². The molecule has 0 saturated carbocycles. The van der Waals surface area contributed by atoms with Crippen LogP contribution in [0.3, 0.4) is 0 Å². The normalized spacial score (nSPS) is 15.9. The van der Waals surface area contributed by atoms with E-state index >= 15 is 0 Å². The highest BCUT2D eigenvalue weighted by molar-refractivity contribution is 8.27. The fourth-order valence-corrected chi connectivity index (χ4v) is 5.48. The number of carbonyl (C=O) groups excluding carboxylic acids is 1. The number of aryl methyl sites for hydroxylation is 1. The summed E-state index contributed by atoms with van der Waals surface area (Å²) in [6, 6.07) is 20.1. The number of thioether (sulfide) groups is 1. The first-order valence-corrected chi connectivity index (χ1v) is 14.4. The Morgan fingerprint density at radius 2 is 1.75 bits per heavy atom. The van der Waals surface area contributed by atoms with Crippen molar-refractivity contribution in [3.05, 3.63) is 89.5 Å². The number of nitrogens with zero attached hydrogens (tertiary/aromatic N) is 3. The van der Waals surface area contributed by atoms with E-state index in [0.717, 1.165) is 17.3 Å². The number of benzene rings is 3. The molecule has 0 unspecified atom stereocenters. The van der Waals surface area contributed by atoms with Crippen LogP contribution in [-0.2, 0) is 14.9 Å². The molecular weight excluding hydrogens is 552 g/mol. The number of amidine groups is 2. The Morgan fingerprint density at radius 1 is 1.00 bits per heavy atom. The molecule has 2 aliphatic heterocycles. The first kappa shape index (κ1) is 27.2. The number of amides is 1. The van der Waals surface area contributed by atoms with Crippen molar-refractivity contribution >= 4 is 49.9 Å². The van der Waals surface area contributed by atoms with Crippen LogP contribution < -0.4 is 13.7 Å². The van der Waals surface area contributed by atoms with Crippen molar-refractivity contribution in [2.45, 2.75) is 18.7 Å². The summed E-state index contributed by atoms with van der Waals surface area (Å²) in [6.07, 6.45) is 1.48. The van der Waals surface area contributed by atoms with Crippen molar-refractivity contribution in [3.8, 4) is 17.2 Å². The van der Waals surface area contributed by atoms with Gasteiger partial charge in [-0.15, -0.1) is 0 Å². The van der Waals surface area contributed by atoms with E-state index in [1.165, 1.54) is 35.4 Å². The van der Waals surface area contributed by atoms with E-state index in [1.54, 1.807) is 25.1 Å². The number of fused-ring (bicyclic) bond motifs is 1. The number of para-hydroxylation sites is 1. The monoisotopic (exact) mass is 576 g/mol. The number of hydrazone groups is 1. The third kappa shape index (κ3) is 5.92. The quantitative estimate of drug-likeness (QED) is 0.282. The zero-order valence-corrected chi connectivity index (χ0v) is 23.2. The van der Waals surface area contributed by atoms with Crippen LogP contribution in [0.25, 0.3) is 6.08 Å². The third-order valence-corrected chi connectivity index (χ3v) is 7.82. The molecule has 0 spiro atoms. The number of hydrogen-bond acceptors (Lipinski definition) is 9. The number of hydrogen-bond donors (Lipinski definition) is 1. The molecule has 1 N–H and O–H groups in total. The van der Waals surface area contributed by atoms with Crippen LogP contribution in [0, 0.1) is 12.3 Å². The zero-order valence-electron chi connectivity index (χ0n) is 21.5. The van der Waals surface area contributed by atoms with Crippen molar-refractivity contribution < 1.29 is 26.9 Å². The fraction of sp³-hybridized carbons (Fsp3) is 0.143. The van der Waals surface area contributed by atoms with E-state index in [1.807, 2.05) is 37.3 Å². The summed E-state index contributed by atoms with van der Waals surface area (Å²) in [6.45, 7) is 4.02. The maximum absolute atomic E-state index is 12.8. The molecule has 12 heteroatoms.